The molecule has 0 unspecified atom stereocenters. The standard InChI is InChI=1S/C13H10N4O2/c1-9-12-4-2-3-5-13(12)16(15-9)10-6-11(17(18)19)8-14-7-10/h2-8H,1H3. The lowest BCUT2D eigenvalue weighted by Gasteiger charge is -2.02. The monoisotopic (exact) mass is 254 g/mol. The number of aryl methyl sites for hydroxylation is 1. The summed E-state index contributed by atoms with van der Waals surface area (Å²) in [4.78, 5) is 14.2. The number of para-hydroxylation sites is 1. The number of aromatic nitrogens is 3. The van der Waals surface area contributed by atoms with Crippen LogP contribution in [0.5, 0.6) is 0 Å². The molecule has 19 heavy (non-hydrogen) atoms. The van der Waals surface area contributed by atoms with E-state index in [-0.39, 0.29) is 5.69 Å². The smallest absolute Gasteiger partial charge is 0.258 e. The van der Waals surface area contributed by atoms with Crippen molar-refractivity contribution >= 4 is 16.6 Å². The van der Waals surface area contributed by atoms with Crippen LogP contribution in [0.2, 0.25) is 0 Å². The summed E-state index contributed by atoms with van der Waals surface area (Å²) >= 11 is 0. The lowest BCUT2D eigenvalue weighted by Crippen LogP contribution is -1.99. The van der Waals surface area contributed by atoms with E-state index in [4.69, 9.17) is 0 Å². The minimum absolute atomic E-state index is 0.0465. The fourth-order valence-corrected chi connectivity index (χ4v) is 2.05. The zero-order valence-corrected chi connectivity index (χ0v) is 10.1. The molecule has 0 spiro atoms. The molecular weight excluding hydrogens is 244 g/mol. The number of pyridine rings is 1. The largest absolute Gasteiger partial charge is 0.289 e. The van der Waals surface area contributed by atoms with Gasteiger partial charge < -0.3 is 0 Å². The van der Waals surface area contributed by atoms with Gasteiger partial charge in [0.1, 0.15) is 6.20 Å². The molecule has 0 aliphatic heterocycles. The highest BCUT2D eigenvalue weighted by atomic mass is 16.6. The summed E-state index contributed by atoms with van der Waals surface area (Å²) in [5, 5.41) is 16.2. The minimum atomic E-state index is -0.463. The highest BCUT2D eigenvalue weighted by Crippen LogP contribution is 2.22. The van der Waals surface area contributed by atoms with Crippen LogP contribution in [0.1, 0.15) is 5.69 Å². The number of nitro groups is 1. The molecular formula is C13H10N4O2. The maximum atomic E-state index is 10.8. The Morgan fingerprint density at radius 3 is 2.84 bits per heavy atom. The maximum Gasteiger partial charge on any atom is 0.289 e. The quantitative estimate of drug-likeness (QED) is 0.520. The van der Waals surface area contributed by atoms with Gasteiger partial charge in [-0.15, -0.1) is 0 Å². The Morgan fingerprint density at radius 1 is 1.26 bits per heavy atom. The summed E-state index contributed by atoms with van der Waals surface area (Å²) in [7, 11) is 0. The van der Waals surface area contributed by atoms with E-state index in [9.17, 15) is 10.1 Å². The molecule has 0 saturated heterocycles. The Hall–Kier alpha value is -2.76. The molecule has 0 saturated carbocycles. The molecule has 1 aromatic carbocycles. The zero-order chi connectivity index (χ0) is 13.4. The van der Waals surface area contributed by atoms with E-state index >= 15 is 0 Å². The van der Waals surface area contributed by atoms with Crippen molar-refractivity contribution < 1.29 is 4.92 Å². The van der Waals surface area contributed by atoms with E-state index in [1.807, 2.05) is 31.2 Å². The highest BCUT2D eigenvalue weighted by Gasteiger charge is 2.12. The summed E-state index contributed by atoms with van der Waals surface area (Å²) in [6, 6.07) is 9.21. The molecule has 0 radical (unpaired) electrons. The molecule has 2 aromatic heterocycles. The molecule has 0 fully saturated rings. The van der Waals surface area contributed by atoms with Gasteiger partial charge in [-0.2, -0.15) is 5.10 Å². The summed E-state index contributed by atoms with van der Waals surface area (Å²) in [5.41, 5.74) is 2.32. The van der Waals surface area contributed by atoms with Crippen LogP contribution in [0.4, 0.5) is 5.69 Å². The Morgan fingerprint density at radius 2 is 2.05 bits per heavy atom. The minimum Gasteiger partial charge on any atom is -0.258 e. The lowest BCUT2D eigenvalue weighted by atomic mass is 10.2. The number of hydrogen-bond donors (Lipinski definition) is 0. The van der Waals surface area contributed by atoms with Crippen LogP contribution in [0.25, 0.3) is 16.6 Å². The third kappa shape index (κ3) is 1.83. The van der Waals surface area contributed by atoms with Crippen LogP contribution in [-0.2, 0) is 0 Å². The number of nitrogens with zero attached hydrogens (tertiary/aromatic N) is 4. The molecule has 6 heteroatoms. The summed E-state index contributed by atoms with van der Waals surface area (Å²) in [6.07, 6.45) is 2.79. The second-order valence-electron chi connectivity index (χ2n) is 4.17. The van der Waals surface area contributed by atoms with Crippen LogP contribution >= 0.6 is 0 Å². The third-order valence-electron chi connectivity index (χ3n) is 2.94. The fourth-order valence-electron chi connectivity index (χ4n) is 2.05. The van der Waals surface area contributed by atoms with Gasteiger partial charge >= 0.3 is 0 Å². The summed E-state index contributed by atoms with van der Waals surface area (Å²) in [6.45, 7) is 1.91. The van der Waals surface area contributed by atoms with Crippen LogP contribution in [0.15, 0.2) is 42.7 Å². The molecule has 3 rings (SSSR count). The summed E-state index contributed by atoms with van der Waals surface area (Å²) < 4.78 is 1.67. The topological polar surface area (TPSA) is 73.8 Å². The van der Waals surface area contributed by atoms with Crippen LogP contribution in [0, 0.1) is 17.0 Å². The van der Waals surface area contributed by atoms with Gasteiger partial charge in [0.15, 0.2) is 0 Å². The van der Waals surface area contributed by atoms with Gasteiger partial charge in [0, 0.05) is 11.5 Å². The zero-order valence-electron chi connectivity index (χ0n) is 10.1. The van der Waals surface area contributed by atoms with Crippen molar-refractivity contribution in [2.45, 2.75) is 6.92 Å². The van der Waals surface area contributed by atoms with Crippen molar-refractivity contribution in [3.05, 3.63) is 58.5 Å². The average Bonchev–Trinajstić information content (AvgIpc) is 2.77. The number of benzene rings is 1. The first-order valence-electron chi connectivity index (χ1n) is 5.71. The van der Waals surface area contributed by atoms with E-state index in [2.05, 4.69) is 10.1 Å². The van der Waals surface area contributed by atoms with Gasteiger partial charge in [-0.05, 0) is 13.0 Å². The highest BCUT2D eigenvalue weighted by molar-refractivity contribution is 5.83. The van der Waals surface area contributed by atoms with Crippen LogP contribution in [-0.4, -0.2) is 19.7 Å². The molecule has 6 nitrogen and oxygen atoms in total. The molecule has 2 heterocycles. The van der Waals surface area contributed by atoms with Gasteiger partial charge in [-0.1, -0.05) is 18.2 Å². The van der Waals surface area contributed by atoms with Crippen molar-refractivity contribution in [1.29, 1.82) is 0 Å². The SMILES string of the molecule is Cc1nn(-c2cncc([N+](=O)[O-])c2)c2ccccc12. The van der Waals surface area contributed by atoms with Crippen molar-refractivity contribution in [3.8, 4) is 5.69 Å². The van der Waals surface area contributed by atoms with Crippen LogP contribution < -0.4 is 0 Å². The molecule has 0 amide bonds. The van der Waals surface area contributed by atoms with E-state index in [0.29, 0.717) is 5.69 Å². The van der Waals surface area contributed by atoms with Gasteiger partial charge in [0.25, 0.3) is 5.69 Å². The van der Waals surface area contributed by atoms with Gasteiger partial charge in [-0.25, -0.2) is 4.68 Å². The Kier molecular flexibility index (Phi) is 2.49. The van der Waals surface area contributed by atoms with E-state index in [1.165, 1.54) is 12.3 Å². The van der Waals surface area contributed by atoms with Gasteiger partial charge in [0.2, 0.25) is 0 Å². The van der Waals surface area contributed by atoms with E-state index in [0.717, 1.165) is 16.6 Å². The van der Waals surface area contributed by atoms with Crippen molar-refractivity contribution in [2.24, 2.45) is 0 Å². The fraction of sp³-hybridized carbons (Fsp3) is 0.0769. The molecule has 3 aromatic rings. The maximum absolute atomic E-state index is 10.8. The first kappa shape index (κ1) is 11.3. The molecule has 0 aliphatic rings. The van der Waals surface area contributed by atoms with Crippen molar-refractivity contribution in [1.82, 2.24) is 14.8 Å². The Balaban J connectivity index is 2.25. The van der Waals surface area contributed by atoms with Crippen molar-refractivity contribution in [3.63, 3.8) is 0 Å². The number of rotatable bonds is 2. The first-order valence-corrected chi connectivity index (χ1v) is 5.71. The predicted octanol–water partition coefficient (Wildman–Crippen LogP) is 2.64. The van der Waals surface area contributed by atoms with E-state index < -0.39 is 4.92 Å². The van der Waals surface area contributed by atoms with Crippen molar-refractivity contribution in [2.75, 3.05) is 0 Å². The molecule has 0 bridgehead atoms. The summed E-state index contributed by atoms with van der Waals surface area (Å²) in [5.74, 6) is 0. The Labute approximate surface area is 108 Å². The number of fused-ring (bicyclic) bond motifs is 1. The Bertz CT molecular complexity index is 779. The van der Waals surface area contributed by atoms with Crippen LogP contribution in [0.3, 0.4) is 0 Å². The third-order valence-corrected chi connectivity index (χ3v) is 2.94. The second-order valence-corrected chi connectivity index (χ2v) is 4.17. The van der Waals surface area contributed by atoms with E-state index in [1.54, 1.807) is 10.9 Å². The average molecular weight is 254 g/mol. The van der Waals surface area contributed by atoms with Gasteiger partial charge in [0.05, 0.1) is 28.0 Å². The molecule has 0 atom stereocenters. The number of hydrogen-bond acceptors (Lipinski definition) is 4. The molecule has 0 N–H and O–H groups in total. The normalized spacial score (nSPS) is 10.8. The molecule has 94 valence electrons. The molecule has 0 aliphatic carbocycles. The second kappa shape index (κ2) is 4.16. The lowest BCUT2D eigenvalue weighted by molar-refractivity contribution is -0.385. The first-order chi connectivity index (χ1) is 9.16. The van der Waals surface area contributed by atoms with Gasteiger partial charge in [-0.3, -0.25) is 15.1 Å². The predicted molar refractivity (Wildman–Crippen MR) is 70.3 cm³/mol.